The number of ether oxygens (including phenoxy) is 1. The van der Waals surface area contributed by atoms with Crippen LogP contribution in [0, 0.1) is 12.8 Å². The van der Waals surface area contributed by atoms with Crippen LogP contribution < -0.4 is 4.90 Å². The average Bonchev–Trinajstić information content (AvgIpc) is 2.60. The van der Waals surface area contributed by atoms with Gasteiger partial charge in [-0.15, -0.1) is 0 Å². The van der Waals surface area contributed by atoms with Gasteiger partial charge in [-0.05, 0) is 31.0 Å². The highest BCUT2D eigenvalue weighted by atomic mass is 16.6. The number of benzene rings is 2. The second-order valence-corrected chi connectivity index (χ2v) is 6.76. The molecule has 2 amide bonds. The van der Waals surface area contributed by atoms with Crippen LogP contribution in [0.5, 0.6) is 0 Å². The van der Waals surface area contributed by atoms with Crippen molar-refractivity contribution in [3.05, 3.63) is 65.7 Å². The number of nitrogens with zero attached hydrogens (tertiary/aromatic N) is 1. The number of rotatable bonds is 2. The third-order valence-corrected chi connectivity index (χ3v) is 5.52. The number of hydrogen-bond acceptors (Lipinski definition) is 3. The Bertz CT molecular complexity index is 847. The molecule has 3 aliphatic heterocycles. The number of hydrogen-bond donors (Lipinski definition) is 0. The number of amides is 2. The average molecular weight is 321 g/mol. The number of imide groups is 1. The molecule has 0 saturated carbocycles. The fraction of sp³-hybridized carbons (Fsp3) is 0.300. The molecule has 3 aliphatic rings. The zero-order valence-electron chi connectivity index (χ0n) is 13.9. The minimum Gasteiger partial charge on any atom is -0.343 e. The topological polar surface area (TPSA) is 46.6 Å². The predicted octanol–water partition coefficient (Wildman–Crippen LogP) is 3.19. The molecule has 24 heavy (non-hydrogen) atoms. The molecule has 0 spiro atoms. The van der Waals surface area contributed by atoms with Gasteiger partial charge in [0.25, 0.3) is 11.8 Å². The van der Waals surface area contributed by atoms with E-state index in [9.17, 15) is 9.59 Å². The van der Waals surface area contributed by atoms with Crippen LogP contribution in [0.2, 0.25) is 0 Å². The summed E-state index contributed by atoms with van der Waals surface area (Å²) in [6, 6.07) is 16.9. The molecule has 0 aliphatic carbocycles. The Balaban J connectivity index is 1.89. The van der Waals surface area contributed by atoms with Crippen molar-refractivity contribution in [3.8, 4) is 0 Å². The Morgan fingerprint density at radius 2 is 1.58 bits per heavy atom. The van der Waals surface area contributed by atoms with Gasteiger partial charge in [0.2, 0.25) is 0 Å². The standard InChI is InChI=1S/C20H19NO3/c1-13-9-7-8-12-16(13)21-17(22)19(3)14(2)20(24-19,18(21)23)15-10-5-4-6-11-15/h4-12,14H,1-3H3. The Hall–Kier alpha value is -2.46. The van der Waals surface area contributed by atoms with Crippen molar-refractivity contribution >= 4 is 17.5 Å². The highest BCUT2D eigenvalue weighted by Gasteiger charge is 2.75. The summed E-state index contributed by atoms with van der Waals surface area (Å²) in [7, 11) is 0. The largest absolute Gasteiger partial charge is 0.343 e. The number of carbonyl (C=O) groups is 2. The van der Waals surface area contributed by atoms with Crippen molar-refractivity contribution in [1.29, 1.82) is 0 Å². The highest BCUT2D eigenvalue weighted by Crippen LogP contribution is 2.59. The van der Waals surface area contributed by atoms with Crippen LogP contribution in [0.3, 0.4) is 0 Å². The number of aryl methyl sites for hydroxylation is 1. The van der Waals surface area contributed by atoms with Crippen LogP contribution in [0.1, 0.15) is 25.0 Å². The molecule has 3 saturated heterocycles. The second-order valence-electron chi connectivity index (χ2n) is 6.76. The van der Waals surface area contributed by atoms with E-state index >= 15 is 0 Å². The number of fused-ring (bicyclic) bond motifs is 2. The number of morpholine rings is 1. The first-order chi connectivity index (χ1) is 11.4. The van der Waals surface area contributed by atoms with Gasteiger partial charge in [-0.3, -0.25) is 9.59 Å². The fourth-order valence-corrected chi connectivity index (χ4v) is 3.93. The Morgan fingerprint density at radius 1 is 0.958 bits per heavy atom. The van der Waals surface area contributed by atoms with Crippen molar-refractivity contribution in [2.75, 3.05) is 4.90 Å². The molecule has 5 rings (SSSR count). The minimum absolute atomic E-state index is 0.215. The number of para-hydroxylation sites is 1. The van der Waals surface area contributed by atoms with Gasteiger partial charge in [0.05, 0.1) is 5.69 Å². The lowest BCUT2D eigenvalue weighted by molar-refractivity contribution is -0.298. The molecule has 4 heteroatoms. The van der Waals surface area contributed by atoms with E-state index in [1.165, 1.54) is 4.90 Å². The van der Waals surface area contributed by atoms with Gasteiger partial charge in [-0.1, -0.05) is 55.5 Å². The van der Waals surface area contributed by atoms with E-state index in [-0.39, 0.29) is 17.7 Å². The first-order valence-electron chi connectivity index (χ1n) is 8.13. The molecule has 2 aromatic rings. The van der Waals surface area contributed by atoms with Crippen LogP contribution in [-0.4, -0.2) is 17.4 Å². The monoisotopic (exact) mass is 321 g/mol. The van der Waals surface area contributed by atoms with Crippen molar-refractivity contribution in [2.24, 2.45) is 5.92 Å². The van der Waals surface area contributed by atoms with Gasteiger partial charge in [-0.25, -0.2) is 4.90 Å². The van der Waals surface area contributed by atoms with Crippen LogP contribution in [0.15, 0.2) is 54.6 Å². The third-order valence-electron chi connectivity index (χ3n) is 5.52. The summed E-state index contributed by atoms with van der Waals surface area (Å²) in [5.74, 6) is -0.802. The molecule has 2 bridgehead atoms. The Labute approximate surface area is 141 Å². The smallest absolute Gasteiger partial charge is 0.271 e. The van der Waals surface area contributed by atoms with E-state index in [1.807, 2.05) is 68.4 Å². The molecular formula is C20H19NO3. The maximum absolute atomic E-state index is 13.4. The van der Waals surface area contributed by atoms with Crippen LogP contribution in [-0.2, 0) is 19.9 Å². The molecule has 3 fully saturated rings. The summed E-state index contributed by atoms with van der Waals surface area (Å²) < 4.78 is 6.02. The summed E-state index contributed by atoms with van der Waals surface area (Å²) in [6.07, 6.45) is 0. The number of anilines is 1. The normalized spacial score (nSPS) is 31.8. The zero-order chi connectivity index (χ0) is 17.1. The van der Waals surface area contributed by atoms with E-state index in [0.717, 1.165) is 11.1 Å². The fourth-order valence-electron chi connectivity index (χ4n) is 3.93. The molecular weight excluding hydrogens is 302 g/mol. The summed E-state index contributed by atoms with van der Waals surface area (Å²) in [6.45, 7) is 5.60. The molecule has 0 N–H and O–H groups in total. The maximum atomic E-state index is 13.4. The van der Waals surface area contributed by atoms with E-state index in [2.05, 4.69) is 0 Å². The van der Waals surface area contributed by atoms with Crippen molar-refractivity contribution < 1.29 is 14.3 Å². The van der Waals surface area contributed by atoms with Crippen molar-refractivity contribution in [2.45, 2.75) is 32.0 Å². The van der Waals surface area contributed by atoms with Gasteiger partial charge in [0.1, 0.15) is 0 Å². The van der Waals surface area contributed by atoms with E-state index in [1.54, 1.807) is 6.92 Å². The molecule has 3 unspecified atom stereocenters. The van der Waals surface area contributed by atoms with Crippen LogP contribution in [0.4, 0.5) is 5.69 Å². The molecule has 3 heterocycles. The Morgan fingerprint density at radius 3 is 2.21 bits per heavy atom. The van der Waals surface area contributed by atoms with Gasteiger partial charge in [0, 0.05) is 5.92 Å². The number of piperidine rings is 1. The maximum Gasteiger partial charge on any atom is 0.271 e. The lowest BCUT2D eigenvalue weighted by atomic mass is 9.62. The number of carbonyl (C=O) groups excluding carboxylic acids is 2. The molecule has 122 valence electrons. The van der Waals surface area contributed by atoms with Gasteiger partial charge >= 0.3 is 0 Å². The van der Waals surface area contributed by atoms with Gasteiger partial charge in [-0.2, -0.15) is 0 Å². The third kappa shape index (κ3) is 1.61. The predicted molar refractivity (Wildman–Crippen MR) is 90.4 cm³/mol. The highest BCUT2D eigenvalue weighted by molar-refractivity contribution is 6.25. The molecule has 3 atom stereocenters. The summed E-state index contributed by atoms with van der Waals surface area (Å²) >= 11 is 0. The van der Waals surface area contributed by atoms with Crippen molar-refractivity contribution in [1.82, 2.24) is 0 Å². The summed E-state index contributed by atoms with van der Waals surface area (Å²) in [5, 5.41) is 0. The molecule has 2 aromatic carbocycles. The van der Waals surface area contributed by atoms with Crippen molar-refractivity contribution in [3.63, 3.8) is 0 Å². The van der Waals surface area contributed by atoms with Gasteiger partial charge < -0.3 is 4.74 Å². The summed E-state index contributed by atoms with van der Waals surface area (Å²) in [5.41, 5.74) is 0.248. The zero-order valence-corrected chi connectivity index (χ0v) is 13.9. The quantitative estimate of drug-likeness (QED) is 0.798. The lowest BCUT2D eigenvalue weighted by Crippen LogP contribution is -2.81. The lowest BCUT2D eigenvalue weighted by Gasteiger charge is -2.63. The SMILES string of the molecule is Cc1ccccc1N1C(=O)C2(C)OC(c3ccccc3)(C1=O)C2C. The second kappa shape index (κ2) is 4.77. The van der Waals surface area contributed by atoms with E-state index in [0.29, 0.717) is 5.69 Å². The molecule has 4 nitrogen and oxygen atoms in total. The van der Waals surface area contributed by atoms with Gasteiger partial charge in [0.15, 0.2) is 11.2 Å². The van der Waals surface area contributed by atoms with Crippen LogP contribution >= 0.6 is 0 Å². The Kier molecular flexibility index (Phi) is 3.00. The minimum atomic E-state index is -1.09. The first kappa shape index (κ1) is 15.1. The van der Waals surface area contributed by atoms with E-state index < -0.39 is 11.2 Å². The molecule has 0 aromatic heterocycles. The van der Waals surface area contributed by atoms with Crippen LogP contribution in [0.25, 0.3) is 0 Å². The molecule has 0 radical (unpaired) electrons. The first-order valence-corrected chi connectivity index (χ1v) is 8.13. The summed E-state index contributed by atoms with van der Waals surface area (Å²) in [4.78, 5) is 27.7. The van der Waals surface area contributed by atoms with E-state index in [4.69, 9.17) is 4.74 Å².